The summed E-state index contributed by atoms with van der Waals surface area (Å²) in [7, 11) is 0. The number of benzene rings is 2. The van der Waals surface area contributed by atoms with E-state index in [9.17, 15) is 19.5 Å². The van der Waals surface area contributed by atoms with Crippen LogP contribution in [0, 0.1) is 0 Å². The van der Waals surface area contributed by atoms with Crippen molar-refractivity contribution in [1.82, 2.24) is 4.90 Å². The van der Waals surface area contributed by atoms with Crippen molar-refractivity contribution in [2.24, 2.45) is 0 Å². The lowest BCUT2D eigenvalue weighted by molar-refractivity contribution is -0.126. The molecule has 2 amide bonds. The highest BCUT2D eigenvalue weighted by Crippen LogP contribution is 2.52. The van der Waals surface area contributed by atoms with Gasteiger partial charge in [-0.15, -0.1) is 0 Å². The zero-order chi connectivity index (χ0) is 21.0. The van der Waals surface area contributed by atoms with Gasteiger partial charge in [0.05, 0.1) is 23.2 Å². The van der Waals surface area contributed by atoms with Gasteiger partial charge in [0.2, 0.25) is 5.76 Å². The van der Waals surface area contributed by atoms with E-state index in [1.54, 1.807) is 41.3 Å². The molecule has 0 saturated heterocycles. The smallest absolute Gasteiger partial charge is 0.291 e. The summed E-state index contributed by atoms with van der Waals surface area (Å²) in [4.78, 5) is 43.8. The lowest BCUT2D eigenvalue weighted by Gasteiger charge is -2.33. The van der Waals surface area contributed by atoms with Gasteiger partial charge in [0.1, 0.15) is 5.58 Å². The molecule has 30 heavy (non-hydrogen) atoms. The maximum Gasteiger partial charge on any atom is 0.291 e. The molecule has 1 aromatic heterocycles. The molecule has 0 aliphatic carbocycles. The van der Waals surface area contributed by atoms with Gasteiger partial charge in [0, 0.05) is 18.7 Å². The van der Waals surface area contributed by atoms with Crippen LogP contribution in [-0.2, 0) is 10.3 Å². The fourth-order valence-corrected chi connectivity index (χ4v) is 4.78. The maximum atomic E-state index is 13.9. The Balaban J connectivity index is 1.93. The fourth-order valence-electron chi connectivity index (χ4n) is 4.78. The van der Waals surface area contributed by atoms with Crippen LogP contribution >= 0.6 is 0 Å². The van der Waals surface area contributed by atoms with E-state index in [1.807, 2.05) is 19.1 Å². The number of rotatable bonds is 4. The summed E-state index contributed by atoms with van der Waals surface area (Å²) < 4.78 is 5.88. The Morgan fingerprint density at radius 3 is 2.50 bits per heavy atom. The molecule has 152 valence electrons. The number of carbonyl (C=O) groups is 2. The number of anilines is 1. The maximum absolute atomic E-state index is 13.9. The van der Waals surface area contributed by atoms with E-state index >= 15 is 0 Å². The Morgan fingerprint density at radius 2 is 1.73 bits per heavy atom. The molecule has 0 fully saturated rings. The van der Waals surface area contributed by atoms with Crippen LogP contribution in [0.4, 0.5) is 5.69 Å². The van der Waals surface area contributed by atoms with Crippen molar-refractivity contribution in [1.29, 1.82) is 0 Å². The highest BCUT2D eigenvalue weighted by Gasteiger charge is 2.64. The Labute approximate surface area is 172 Å². The van der Waals surface area contributed by atoms with Crippen molar-refractivity contribution < 1.29 is 19.1 Å². The summed E-state index contributed by atoms with van der Waals surface area (Å²) in [5, 5.41) is 10.0. The number of amides is 2. The molecular formula is C23H20N2O5. The number of para-hydroxylation sites is 2. The number of nitrogens with zero attached hydrogens (tertiary/aromatic N) is 2. The zero-order valence-electron chi connectivity index (χ0n) is 16.4. The molecule has 0 bridgehead atoms. The second-order valence-corrected chi connectivity index (χ2v) is 7.50. The van der Waals surface area contributed by atoms with Crippen LogP contribution in [0.15, 0.2) is 57.7 Å². The van der Waals surface area contributed by atoms with E-state index in [0.29, 0.717) is 35.2 Å². The first-order valence-electron chi connectivity index (χ1n) is 9.98. The third kappa shape index (κ3) is 2.10. The quantitative estimate of drug-likeness (QED) is 0.720. The average Bonchev–Trinajstić information content (AvgIpc) is 3.15. The predicted molar refractivity (Wildman–Crippen MR) is 110 cm³/mol. The van der Waals surface area contributed by atoms with Gasteiger partial charge in [0.15, 0.2) is 11.0 Å². The van der Waals surface area contributed by atoms with Gasteiger partial charge in [-0.1, -0.05) is 37.3 Å². The molecule has 3 heterocycles. The van der Waals surface area contributed by atoms with E-state index in [2.05, 4.69) is 0 Å². The van der Waals surface area contributed by atoms with Crippen molar-refractivity contribution in [2.75, 3.05) is 24.6 Å². The van der Waals surface area contributed by atoms with Gasteiger partial charge in [-0.2, -0.15) is 0 Å². The molecule has 2 aliphatic heterocycles. The molecule has 2 aliphatic rings. The Bertz CT molecular complexity index is 1260. The largest absolute Gasteiger partial charge is 0.450 e. The lowest BCUT2D eigenvalue weighted by atomic mass is 9.84. The van der Waals surface area contributed by atoms with Crippen LogP contribution < -0.4 is 10.3 Å². The van der Waals surface area contributed by atoms with Crippen LogP contribution in [-0.4, -0.2) is 41.5 Å². The fraction of sp³-hybridized carbons (Fsp3) is 0.261. The molecule has 2 aromatic carbocycles. The number of carbonyl (C=O) groups excluding carboxylic acids is 2. The van der Waals surface area contributed by atoms with E-state index in [-0.39, 0.29) is 30.4 Å². The summed E-state index contributed by atoms with van der Waals surface area (Å²) in [5.74, 6) is -1.06. The normalized spacial score (nSPS) is 19.8. The first-order chi connectivity index (χ1) is 14.6. The summed E-state index contributed by atoms with van der Waals surface area (Å²) in [6, 6.07) is 13.9. The number of hydrogen-bond donors (Lipinski definition) is 1. The van der Waals surface area contributed by atoms with Crippen molar-refractivity contribution in [3.05, 3.63) is 75.6 Å². The first kappa shape index (κ1) is 18.6. The number of aliphatic hydroxyl groups excluding tert-OH is 1. The number of β-amino-alcohol motifs (C(OH)–C–C–N with tert-alkyl or cyclic N) is 1. The lowest BCUT2D eigenvalue weighted by Crippen LogP contribution is -2.54. The van der Waals surface area contributed by atoms with Crippen molar-refractivity contribution in [3.63, 3.8) is 0 Å². The number of fused-ring (bicyclic) bond motifs is 5. The molecule has 1 spiro atoms. The van der Waals surface area contributed by atoms with Crippen LogP contribution in [0.1, 0.15) is 35.0 Å². The molecule has 7 nitrogen and oxygen atoms in total. The molecule has 1 atom stereocenters. The topological polar surface area (TPSA) is 91.1 Å². The standard InChI is InChI=1S/C23H20N2O5/c1-2-11-24-16-9-5-4-8-15(16)23(22(24)29)18-19(27)14-7-3-6-10-17(14)30-20(18)21(28)25(23)12-13-26/h3-10,26H,2,11-13H2,1H3/t23-/m1/s1. The molecular weight excluding hydrogens is 384 g/mol. The minimum atomic E-state index is -1.63. The SMILES string of the molecule is CCCN1C(=O)[C@@]2(c3ccccc31)c1c(oc3ccccc3c1=O)C(=O)N2CCO. The summed E-state index contributed by atoms with van der Waals surface area (Å²) >= 11 is 0. The Hall–Kier alpha value is -3.45. The third-order valence-corrected chi connectivity index (χ3v) is 5.91. The van der Waals surface area contributed by atoms with Crippen molar-refractivity contribution in [2.45, 2.75) is 18.9 Å². The van der Waals surface area contributed by atoms with Gasteiger partial charge in [-0.05, 0) is 24.6 Å². The first-order valence-corrected chi connectivity index (χ1v) is 9.98. The average molecular weight is 404 g/mol. The van der Waals surface area contributed by atoms with Gasteiger partial charge >= 0.3 is 0 Å². The van der Waals surface area contributed by atoms with E-state index in [1.165, 1.54) is 4.90 Å². The monoisotopic (exact) mass is 404 g/mol. The number of aliphatic hydroxyl groups is 1. The minimum Gasteiger partial charge on any atom is -0.450 e. The Morgan fingerprint density at radius 1 is 1.00 bits per heavy atom. The van der Waals surface area contributed by atoms with Crippen LogP contribution in [0.25, 0.3) is 11.0 Å². The molecule has 0 unspecified atom stereocenters. The van der Waals surface area contributed by atoms with Crippen molar-refractivity contribution in [3.8, 4) is 0 Å². The van der Waals surface area contributed by atoms with E-state index < -0.39 is 16.9 Å². The minimum absolute atomic E-state index is 0.0377. The molecule has 0 radical (unpaired) electrons. The van der Waals surface area contributed by atoms with Gasteiger partial charge in [0.25, 0.3) is 11.8 Å². The summed E-state index contributed by atoms with van der Waals surface area (Å²) in [6.07, 6.45) is 0.712. The van der Waals surface area contributed by atoms with Crippen LogP contribution in [0.3, 0.4) is 0 Å². The summed E-state index contributed by atoms with van der Waals surface area (Å²) in [5.41, 5.74) is -0.476. The molecule has 1 N–H and O–H groups in total. The summed E-state index contributed by atoms with van der Waals surface area (Å²) in [6.45, 7) is 1.96. The second-order valence-electron chi connectivity index (χ2n) is 7.50. The van der Waals surface area contributed by atoms with E-state index in [0.717, 1.165) is 0 Å². The molecule has 3 aromatic rings. The zero-order valence-corrected chi connectivity index (χ0v) is 16.4. The van der Waals surface area contributed by atoms with E-state index in [4.69, 9.17) is 4.42 Å². The van der Waals surface area contributed by atoms with Crippen LogP contribution in [0.2, 0.25) is 0 Å². The van der Waals surface area contributed by atoms with Gasteiger partial charge in [-0.25, -0.2) is 0 Å². The second kappa shape index (κ2) is 6.53. The number of hydrogen-bond acceptors (Lipinski definition) is 5. The van der Waals surface area contributed by atoms with Crippen molar-refractivity contribution >= 4 is 28.5 Å². The highest BCUT2D eigenvalue weighted by atomic mass is 16.3. The Kier molecular flexibility index (Phi) is 4.04. The highest BCUT2D eigenvalue weighted by molar-refractivity contribution is 6.17. The van der Waals surface area contributed by atoms with Gasteiger partial charge in [-0.3, -0.25) is 14.4 Å². The molecule has 7 heteroatoms. The van der Waals surface area contributed by atoms with Crippen LogP contribution in [0.5, 0.6) is 0 Å². The predicted octanol–water partition coefficient (Wildman–Crippen LogP) is 2.24. The third-order valence-electron chi connectivity index (χ3n) is 5.91. The molecule has 0 saturated carbocycles. The molecule has 5 rings (SSSR count). The van der Waals surface area contributed by atoms with Gasteiger partial charge < -0.3 is 19.3 Å².